The van der Waals surface area contributed by atoms with Gasteiger partial charge < -0.3 is 9.62 Å². The van der Waals surface area contributed by atoms with Crippen LogP contribution in [0.5, 0.6) is 0 Å². The van der Waals surface area contributed by atoms with Crippen LogP contribution < -0.4 is 5.32 Å². The van der Waals surface area contributed by atoms with Gasteiger partial charge in [0.2, 0.25) is 0 Å². The van der Waals surface area contributed by atoms with Gasteiger partial charge in [-0.1, -0.05) is 19.4 Å². The maximum Gasteiger partial charge on any atom is 0.0411 e. The van der Waals surface area contributed by atoms with E-state index in [1.54, 1.807) is 10.5 Å². The van der Waals surface area contributed by atoms with Crippen molar-refractivity contribution in [2.75, 3.05) is 20.1 Å². The fourth-order valence-corrected chi connectivity index (χ4v) is 0.418. The maximum absolute atomic E-state index is 4.04. The lowest BCUT2D eigenvalue weighted by Gasteiger charge is -2.09. The largest absolute Gasteiger partial charge is 0.325 e. The SMILES string of the molecule is C=CN(S)CCNC. The molecule has 0 aliphatic carbocycles. The average molecular weight is 132 g/mol. The molecule has 0 rings (SSSR count). The molecule has 0 amide bonds. The highest BCUT2D eigenvalue weighted by Gasteiger charge is 1.85. The Bertz CT molecular complexity index is 65.4. The quantitative estimate of drug-likeness (QED) is 0.541. The minimum absolute atomic E-state index is 0.892. The fraction of sp³-hybridized carbons (Fsp3) is 0.600. The van der Waals surface area contributed by atoms with E-state index < -0.39 is 0 Å². The molecule has 1 N–H and O–H groups in total. The van der Waals surface area contributed by atoms with Crippen LogP contribution in [0.25, 0.3) is 0 Å². The molecular formula is C5H12N2S. The minimum atomic E-state index is 0.892. The highest BCUT2D eigenvalue weighted by atomic mass is 32.1. The van der Waals surface area contributed by atoms with Crippen molar-refractivity contribution in [2.24, 2.45) is 0 Å². The highest BCUT2D eigenvalue weighted by Crippen LogP contribution is 1.88. The van der Waals surface area contributed by atoms with Crippen LogP contribution in [0.4, 0.5) is 0 Å². The topological polar surface area (TPSA) is 15.3 Å². The molecular weight excluding hydrogens is 120 g/mol. The molecule has 0 aromatic heterocycles. The zero-order chi connectivity index (χ0) is 6.41. The third-order valence-electron chi connectivity index (χ3n) is 0.802. The number of hydrogen-bond acceptors (Lipinski definition) is 3. The van der Waals surface area contributed by atoms with Gasteiger partial charge in [0.15, 0.2) is 0 Å². The lowest BCUT2D eigenvalue weighted by atomic mass is 10.6. The lowest BCUT2D eigenvalue weighted by molar-refractivity contribution is 0.598. The molecule has 3 heteroatoms. The van der Waals surface area contributed by atoms with Gasteiger partial charge in [0.25, 0.3) is 0 Å². The Labute approximate surface area is 56.1 Å². The molecule has 8 heavy (non-hydrogen) atoms. The van der Waals surface area contributed by atoms with Crippen LogP contribution in [0.3, 0.4) is 0 Å². The molecule has 0 fully saturated rings. The summed E-state index contributed by atoms with van der Waals surface area (Å²) in [7, 11) is 1.91. The van der Waals surface area contributed by atoms with Gasteiger partial charge >= 0.3 is 0 Å². The van der Waals surface area contributed by atoms with Gasteiger partial charge in [-0.3, -0.25) is 0 Å². The normalized spacial score (nSPS) is 8.75. The molecule has 0 bridgehead atoms. The Balaban J connectivity index is 2.98. The molecule has 0 aliphatic rings. The second-order valence-electron chi connectivity index (χ2n) is 1.45. The van der Waals surface area contributed by atoms with E-state index in [2.05, 4.69) is 24.7 Å². The zero-order valence-electron chi connectivity index (χ0n) is 5.09. The Morgan fingerprint density at radius 3 is 2.88 bits per heavy atom. The summed E-state index contributed by atoms with van der Waals surface area (Å²) in [6.07, 6.45) is 1.68. The van der Waals surface area contributed by atoms with Gasteiger partial charge in [-0.2, -0.15) is 0 Å². The van der Waals surface area contributed by atoms with E-state index in [9.17, 15) is 0 Å². The molecule has 0 aromatic carbocycles. The summed E-state index contributed by atoms with van der Waals surface area (Å²) >= 11 is 4.04. The Morgan fingerprint density at radius 1 is 1.88 bits per heavy atom. The van der Waals surface area contributed by atoms with Crippen LogP contribution in [-0.2, 0) is 0 Å². The molecule has 0 saturated heterocycles. The summed E-state index contributed by atoms with van der Waals surface area (Å²) in [5.74, 6) is 0. The third kappa shape index (κ3) is 4.02. The molecule has 0 aliphatic heterocycles. The van der Waals surface area contributed by atoms with Crippen molar-refractivity contribution in [3.05, 3.63) is 12.8 Å². The van der Waals surface area contributed by atoms with E-state index in [4.69, 9.17) is 0 Å². The van der Waals surface area contributed by atoms with E-state index in [1.807, 2.05) is 7.05 Å². The van der Waals surface area contributed by atoms with Crippen molar-refractivity contribution in [3.8, 4) is 0 Å². The van der Waals surface area contributed by atoms with Crippen LogP contribution in [0, 0.1) is 0 Å². The summed E-state index contributed by atoms with van der Waals surface area (Å²) in [5.41, 5.74) is 0. The predicted octanol–water partition coefficient (Wildman–Crippen LogP) is 0.496. The smallest absolute Gasteiger partial charge is 0.0411 e. The Kier molecular flexibility index (Phi) is 4.90. The Morgan fingerprint density at radius 2 is 2.50 bits per heavy atom. The molecule has 0 unspecified atom stereocenters. The van der Waals surface area contributed by atoms with Gasteiger partial charge in [0.1, 0.15) is 0 Å². The van der Waals surface area contributed by atoms with Gasteiger partial charge in [0.05, 0.1) is 0 Å². The van der Waals surface area contributed by atoms with Crippen molar-refractivity contribution in [1.82, 2.24) is 9.62 Å². The first-order chi connectivity index (χ1) is 3.81. The summed E-state index contributed by atoms with van der Waals surface area (Å²) < 4.78 is 1.73. The molecule has 48 valence electrons. The standard InChI is InChI=1S/C5H12N2S/c1-3-7(8)5-4-6-2/h3,6,8H,1,4-5H2,2H3. The molecule has 0 aromatic rings. The molecule has 0 atom stereocenters. The average Bonchev–Trinajstić information content (AvgIpc) is 1.83. The van der Waals surface area contributed by atoms with Gasteiger partial charge in [-0.25, -0.2) is 0 Å². The third-order valence-corrected chi connectivity index (χ3v) is 1.16. The van der Waals surface area contributed by atoms with Crippen molar-refractivity contribution in [2.45, 2.75) is 0 Å². The van der Waals surface area contributed by atoms with Gasteiger partial charge in [-0.05, 0) is 7.05 Å². The zero-order valence-corrected chi connectivity index (χ0v) is 5.99. The van der Waals surface area contributed by atoms with Crippen LogP contribution in [0.1, 0.15) is 0 Å². The lowest BCUT2D eigenvalue weighted by Crippen LogP contribution is -2.19. The molecule has 0 radical (unpaired) electrons. The molecule has 0 heterocycles. The first-order valence-electron chi connectivity index (χ1n) is 2.54. The second-order valence-corrected chi connectivity index (χ2v) is 1.96. The molecule has 0 spiro atoms. The van der Waals surface area contributed by atoms with E-state index >= 15 is 0 Å². The van der Waals surface area contributed by atoms with Gasteiger partial charge in [-0.15, -0.1) is 0 Å². The van der Waals surface area contributed by atoms with Crippen LogP contribution in [0.15, 0.2) is 12.8 Å². The van der Waals surface area contributed by atoms with Crippen LogP contribution in [-0.4, -0.2) is 24.4 Å². The molecule has 0 saturated carbocycles. The maximum atomic E-state index is 4.04. The van der Waals surface area contributed by atoms with Crippen molar-refractivity contribution in [3.63, 3.8) is 0 Å². The highest BCUT2D eigenvalue weighted by molar-refractivity contribution is 7.77. The summed E-state index contributed by atoms with van der Waals surface area (Å²) in [4.78, 5) is 0. The number of hydrogen-bond donors (Lipinski definition) is 2. The van der Waals surface area contributed by atoms with E-state index in [-0.39, 0.29) is 0 Å². The first-order valence-corrected chi connectivity index (χ1v) is 2.94. The van der Waals surface area contributed by atoms with E-state index in [0.717, 1.165) is 13.1 Å². The van der Waals surface area contributed by atoms with Gasteiger partial charge in [0, 0.05) is 19.3 Å². The summed E-state index contributed by atoms with van der Waals surface area (Å²) in [6.45, 7) is 5.37. The summed E-state index contributed by atoms with van der Waals surface area (Å²) in [6, 6.07) is 0. The van der Waals surface area contributed by atoms with E-state index in [0.29, 0.717) is 0 Å². The van der Waals surface area contributed by atoms with Crippen LogP contribution >= 0.6 is 12.8 Å². The number of rotatable bonds is 4. The first kappa shape index (κ1) is 7.85. The summed E-state index contributed by atoms with van der Waals surface area (Å²) in [5, 5.41) is 2.99. The molecule has 2 nitrogen and oxygen atoms in total. The second kappa shape index (κ2) is 5.00. The Hall–Kier alpha value is -0.150. The number of thiol groups is 1. The van der Waals surface area contributed by atoms with Crippen molar-refractivity contribution < 1.29 is 0 Å². The fourth-order valence-electron chi connectivity index (χ4n) is 0.318. The number of nitrogens with one attached hydrogen (secondary N) is 1. The predicted molar refractivity (Wildman–Crippen MR) is 39.8 cm³/mol. The monoisotopic (exact) mass is 132 g/mol. The number of likely N-dealkylation sites (N-methyl/N-ethyl adjacent to an activating group) is 1. The van der Waals surface area contributed by atoms with Crippen LogP contribution in [0.2, 0.25) is 0 Å². The van der Waals surface area contributed by atoms with Crippen molar-refractivity contribution >= 4 is 12.8 Å². The van der Waals surface area contributed by atoms with Crippen molar-refractivity contribution in [1.29, 1.82) is 0 Å². The van der Waals surface area contributed by atoms with E-state index in [1.165, 1.54) is 0 Å². The minimum Gasteiger partial charge on any atom is -0.325 e. The number of nitrogens with zero attached hydrogens (tertiary/aromatic N) is 1.